The van der Waals surface area contributed by atoms with Gasteiger partial charge >= 0.3 is 5.97 Å². The quantitative estimate of drug-likeness (QED) is 0.0511. The van der Waals surface area contributed by atoms with Crippen LogP contribution in [0.3, 0.4) is 0 Å². The molecule has 0 radical (unpaired) electrons. The Kier molecular flexibility index (Phi) is 16.3. The highest BCUT2D eigenvalue weighted by Crippen LogP contribution is 2.42. The largest absolute Gasteiger partial charge is 0.410 e. The van der Waals surface area contributed by atoms with Crippen LogP contribution < -0.4 is 0 Å². The van der Waals surface area contributed by atoms with Gasteiger partial charge in [-0.15, -0.1) is 0 Å². The molecule has 4 fully saturated rings. The highest BCUT2D eigenvalue weighted by Gasteiger charge is 2.59. The average molecular weight is 793 g/mol. The lowest BCUT2D eigenvalue weighted by atomic mass is 9.86. The second-order valence-corrected chi connectivity index (χ2v) is 14.3. The summed E-state index contributed by atoms with van der Waals surface area (Å²) in [6.07, 6.45) is -30.6. The van der Waals surface area contributed by atoms with E-state index in [2.05, 4.69) is 0 Å². The summed E-state index contributed by atoms with van der Waals surface area (Å²) in [4.78, 5) is 12.0. The van der Waals surface area contributed by atoms with Gasteiger partial charge in [-0.3, -0.25) is 4.79 Å². The van der Waals surface area contributed by atoms with Crippen LogP contribution in [0.25, 0.3) is 0 Å². The maximum absolute atomic E-state index is 12.0. The molecule has 4 heterocycles. The summed E-state index contributed by atoms with van der Waals surface area (Å²) in [5.41, 5.74) is 0. The molecule has 0 aromatic rings. The number of carbonyl (C=O) groups is 1. The van der Waals surface area contributed by atoms with Crippen molar-refractivity contribution in [3.8, 4) is 0 Å². The second-order valence-electron chi connectivity index (χ2n) is 14.3. The van der Waals surface area contributed by atoms with E-state index in [4.69, 9.17) is 42.6 Å². The fraction of sp³-hybridized carbons (Fsp3) is 0.969. The van der Waals surface area contributed by atoms with Gasteiger partial charge in [0, 0.05) is 11.8 Å². The first-order chi connectivity index (χ1) is 25.5. The van der Waals surface area contributed by atoms with Crippen molar-refractivity contribution in [3.05, 3.63) is 0 Å². The number of ether oxygens (including phenoxy) is 9. The predicted molar refractivity (Wildman–Crippen MR) is 171 cm³/mol. The SMILES string of the molecule is CC(C)O[C@@H]1OC(CO)[C@@H](O[C@@H]2OC(CO)[C@H](O)[C@H](O[C@]3(OC=O)CC(O[C@@H]4OC(CO)[C@H](O)[C@H](O)C4C)[C@@H](C)C([C@H](O)[C@H](O)CO)O3)C2O)[C@H](O)C1O. The van der Waals surface area contributed by atoms with Gasteiger partial charge in [0.15, 0.2) is 18.9 Å². The Balaban J connectivity index is 1.66. The third-order valence-electron chi connectivity index (χ3n) is 10.2. The van der Waals surface area contributed by atoms with Crippen LogP contribution in [0.4, 0.5) is 0 Å². The summed E-state index contributed by atoms with van der Waals surface area (Å²) < 4.78 is 51.5. The summed E-state index contributed by atoms with van der Waals surface area (Å²) >= 11 is 0. The molecule has 0 spiro atoms. The van der Waals surface area contributed by atoms with Crippen molar-refractivity contribution >= 4 is 6.47 Å². The zero-order valence-electron chi connectivity index (χ0n) is 30.2. The molecule has 4 saturated heterocycles. The molecule has 0 aromatic heterocycles. The molecule has 12 N–H and O–H groups in total. The van der Waals surface area contributed by atoms with E-state index in [0.29, 0.717) is 0 Å². The average Bonchev–Trinajstić information content (AvgIpc) is 3.14. The van der Waals surface area contributed by atoms with Crippen molar-refractivity contribution in [2.45, 2.75) is 157 Å². The zero-order valence-corrected chi connectivity index (χ0v) is 30.2. The summed E-state index contributed by atoms with van der Waals surface area (Å²) in [6, 6.07) is 0. The number of hydrogen-bond donors (Lipinski definition) is 12. The van der Waals surface area contributed by atoms with Crippen LogP contribution in [-0.2, 0) is 47.4 Å². The van der Waals surface area contributed by atoms with Crippen molar-refractivity contribution in [1.82, 2.24) is 0 Å². The first-order valence-electron chi connectivity index (χ1n) is 17.8. The first-order valence-corrected chi connectivity index (χ1v) is 17.8. The number of hydrogen-bond acceptors (Lipinski definition) is 22. The Labute approximate surface area is 310 Å². The van der Waals surface area contributed by atoms with Crippen LogP contribution in [0.15, 0.2) is 0 Å². The molecule has 4 aliphatic heterocycles. The third kappa shape index (κ3) is 9.67. The van der Waals surface area contributed by atoms with Gasteiger partial charge in [-0.2, -0.15) is 0 Å². The van der Waals surface area contributed by atoms with E-state index >= 15 is 0 Å². The summed E-state index contributed by atoms with van der Waals surface area (Å²) in [6.45, 7) is 2.76. The smallest absolute Gasteiger partial charge is 0.332 e. The lowest BCUT2D eigenvalue weighted by molar-refractivity contribution is -0.454. The number of carbonyl (C=O) groups excluding carboxylic acids is 1. The van der Waals surface area contributed by atoms with Gasteiger partial charge in [0.1, 0.15) is 73.2 Å². The van der Waals surface area contributed by atoms with Crippen LogP contribution in [0.5, 0.6) is 0 Å². The minimum atomic E-state index is -2.71. The third-order valence-corrected chi connectivity index (χ3v) is 10.2. The Hall–Kier alpha value is -1.33. The molecular weight excluding hydrogens is 736 g/mol. The van der Waals surface area contributed by atoms with Crippen molar-refractivity contribution in [2.24, 2.45) is 11.8 Å². The fourth-order valence-electron chi connectivity index (χ4n) is 6.96. The van der Waals surface area contributed by atoms with E-state index < -0.39 is 167 Å². The van der Waals surface area contributed by atoms with E-state index in [-0.39, 0.29) is 6.47 Å². The molecule has 21 atom stereocenters. The van der Waals surface area contributed by atoms with Crippen LogP contribution in [0.2, 0.25) is 0 Å². The van der Waals surface area contributed by atoms with Crippen molar-refractivity contribution in [1.29, 1.82) is 0 Å². The van der Waals surface area contributed by atoms with Gasteiger partial charge in [0.25, 0.3) is 6.47 Å². The van der Waals surface area contributed by atoms with Crippen molar-refractivity contribution < 1.29 is 109 Å². The van der Waals surface area contributed by atoms with E-state index in [1.165, 1.54) is 13.8 Å². The fourth-order valence-corrected chi connectivity index (χ4v) is 6.96. The van der Waals surface area contributed by atoms with Crippen molar-refractivity contribution in [2.75, 3.05) is 26.4 Å². The topological polar surface area (TPSA) is 343 Å². The Bertz CT molecular complexity index is 1150. The van der Waals surface area contributed by atoms with E-state index in [1.807, 2.05) is 0 Å². The molecule has 0 amide bonds. The minimum Gasteiger partial charge on any atom is -0.410 e. The first kappa shape index (κ1) is 45.4. The normalized spacial score (nSPS) is 47.3. The lowest BCUT2D eigenvalue weighted by Crippen LogP contribution is -2.67. The second kappa shape index (κ2) is 19.4. The van der Waals surface area contributed by atoms with Gasteiger partial charge < -0.3 is 104 Å². The molecule has 4 aliphatic rings. The highest BCUT2D eigenvalue weighted by molar-refractivity contribution is 5.37. The maximum Gasteiger partial charge on any atom is 0.332 e. The molecule has 22 nitrogen and oxygen atoms in total. The van der Waals surface area contributed by atoms with Crippen LogP contribution >= 0.6 is 0 Å². The Morgan fingerprint density at radius 1 is 0.704 bits per heavy atom. The van der Waals surface area contributed by atoms with Gasteiger partial charge in [-0.1, -0.05) is 13.8 Å². The molecular formula is C32H56O22. The minimum absolute atomic E-state index is 0.130. The number of aliphatic hydroxyl groups excluding tert-OH is 12. The number of aliphatic hydroxyl groups is 12. The van der Waals surface area contributed by atoms with Crippen LogP contribution in [-0.4, -0.2) is 217 Å². The van der Waals surface area contributed by atoms with Gasteiger partial charge in [0.05, 0.1) is 57.3 Å². The molecule has 0 saturated carbocycles. The molecule has 0 aromatic carbocycles. The zero-order chi connectivity index (χ0) is 40.2. The molecule has 4 rings (SSSR count). The monoisotopic (exact) mass is 792 g/mol. The van der Waals surface area contributed by atoms with Crippen LogP contribution in [0, 0.1) is 11.8 Å². The maximum atomic E-state index is 12.0. The van der Waals surface area contributed by atoms with Crippen LogP contribution in [0.1, 0.15) is 34.1 Å². The molecule has 0 bridgehead atoms. The Morgan fingerprint density at radius 2 is 1.30 bits per heavy atom. The molecule has 54 heavy (non-hydrogen) atoms. The summed E-state index contributed by atoms with van der Waals surface area (Å²) in [5, 5.41) is 126. The number of rotatable bonds is 16. The molecule has 8 unspecified atom stereocenters. The molecule has 0 aliphatic carbocycles. The lowest BCUT2D eigenvalue weighted by Gasteiger charge is -2.52. The molecule has 22 heteroatoms. The van der Waals surface area contributed by atoms with Gasteiger partial charge in [-0.05, 0) is 13.8 Å². The standard InChI is InChI=1S/C32H56O22/c1-11(2)47-30-24(44)23(43)27(18(9-36)51-30)52-31-25(45)28(22(42)17(8-35)50-31)54-32(46-10-37)5-15(12(3)26(53-32)20(40)14(38)6-33)48-29-13(4)19(39)21(41)16(7-34)49-29/h10-31,33-36,38-45H,5-9H2,1-4H3/t12-,13?,14-,15?,16?,17?,18?,19-,20-,21+,22+,23-,24?,25?,26?,27-,28+,29-,30-,31+,32+/m1/s1. The van der Waals surface area contributed by atoms with Gasteiger partial charge in [-0.25, -0.2) is 0 Å². The van der Waals surface area contributed by atoms with E-state index in [0.717, 1.165) is 0 Å². The van der Waals surface area contributed by atoms with E-state index in [9.17, 15) is 66.1 Å². The summed E-state index contributed by atoms with van der Waals surface area (Å²) in [5.74, 6) is -4.61. The van der Waals surface area contributed by atoms with E-state index in [1.54, 1.807) is 13.8 Å². The highest BCUT2D eigenvalue weighted by atomic mass is 16.9. The van der Waals surface area contributed by atoms with Crippen molar-refractivity contribution in [3.63, 3.8) is 0 Å². The van der Waals surface area contributed by atoms with Gasteiger partial charge in [0.2, 0.25) is 0 Å². The summed E-state index contributed by atoms with van der Waals surface area (Å²) in [7, 11) is 0. The Morgan fingerprint density at radius 3 is 1.87 bits per heavy atom. The molecule has 316 valence electrons. The predicted octanol–water partition coefficient (Wildman–Crippen LogP) is -6.51.